The van der Waals surface area contributed by atoms with Crippen molar-refractivity contribution in [3.8, 4) is 6.07 Å². The largest absolute Gasteiger partial charge is 0.457 e. The van der Waals surface area contributed by atoms with Gasteiger partial charge in [0.15, 0.2) is 4.67 Å². The zero-order valence-corrected chi connectivity index (χ0v) is 12.7. The minimum atomic E-state index is -0.284. The minimum Gasteiger partial charge on any atom is -0.457 e. The monoisotopic (exact) mass is 351 g/mol. The number of nitrogens with zero attached hydrogens (tertiary/aromatic N) is 1. The van der Waals surface area contributed by atoms with Crippen molar-refractivity contribution in [2.45, 2.75) is 13.0 Å². The summed E-state index contributed by atoms with van der Waals surface area (Å²) in [5, 5.41) is 16.0. The number of hydrogen-bond donors (Lipinski definition) is 2. The van der Waals surface area contributed by atoms with E-state index in [4.69, 9.17) is 4.42 Å². The maximum Gasteiger partial charge on any atom is 0.260 e. The number of furan rings is 1. The van der Waals surface area contributed by atoms with E-state index in [1.54, 1.807) is 6.07 Å². The van der Waals surface area contributed by atoms with Crippen LogP contribution in [-0.4, -0.2) is 12.5 Å². The van der Waals surface area contributed by atoms with Gasteiger partial charge in [0.25, 0.3) is 5.91 Å². The Morgan fingerprint density at radius 1 is 1.60 bits per heavy atom. The van der Waals surface area contributed by atoms with Crippen molar-refractivity contribution in [1.29, 1.82) is 5.26 Å². The average molecular weight is 352 g/mol. The van der Waals surface area contributed by atoms with Gasteiger partial charge in [-0.15, -0.1) is 11.3 Å². The van der Waals surface area contributed by atoms with Gasteiger partial charge in [0, 0.05) is 11.4 Å². The fourth-order valence-corrected chi connectivity index (χ4v) is 3.75. The lowest BCUT2D eigenvalue weighted by Crippen LogP contribution is -2.22. The fraction of sp³-hybridized carbons (Fsp3) is 0.231. The Kier molecular flexibility index (Phi) is 3.61. The highest BCUT2D eigenvalue weighted by Crippen LogP contribution is 2.35. The van der Waals surface area contributed by atoms with Crippen LogP contribution in [0.5, 0.6) is 0 Å². The molecule has 0 spiro atoms. The summed E-state index contributed by atoms with van der Waals surface area (Å²) in [5.74, 6) is -0.284. The van der Waals surface area contributed by atoms with Crippen molar-refractivity contribution in [3.05, 3.63) is 38.6 Å². The summed E-state index contributed by atoms with van der Waals surface area (Å²) in [5.41, 5.74) is 2.05. The smallest absolute Gasteiger partial charge is 0.260 e. The Morgan fingerprint density at radius 3 is 3.15 bits per heavy atom. The molecule has 5 nitrogen and oxygen atoms in total. The van der Waals surface area contributed by atoms with Gasteiger partial charge in [-0.1, -0.05) is 0 Å². The molecule has 102 valence electrons. The lowest BCUT2D eigenvalue weighted by atomic mass is 10.1. The third kappa shape index (κ3) is 2.26. The Hall–Kier alpha value is -1.62. The first kappa shape index (κ1) is 13.4. The van der Waals surface area contributed by atoms with Crippen LogP contribution in [0, 0.1) is 11.3 Å². The van der Waals surface area contributed by atoms with Gasteiger partial charge in [0.2, 0.25) is 0 Å². The Morgan fingerprint density at radius 2 is 2.45 bits per heavy atom. The van der Waals surface area contributed by atoms with E-state index in [-0.39, 0.29) is 5.91 Å². The molecule has 0 saturated heterocycles. The molecule has 0 aromatic carbocycles. The second kappa shape index (κ2) is 5.40. The molecule has 0 radical (unpaired) electrons. The lowest BCUT2D eigenvalue weighted by Gasteiger charge is -2.11. The number of hydrogen-bond acceptors (Lipinski definition) is 5. The highest BCUT2D eigenvalue weighted by Gasteiger charge is 2.22. The molecule has 0 aliphatic carbocycles. The van der Waals surface area contributed by atoms with E-state index >= 15 is 0 Å². The molecule has 3 heterocycles. The molecule has 0 unspecified atom stereocenters. The van der Waals surface area contributed by atoms with E-state index in [9.17, 15) is 10.1 Å². The van der Waals surface area contributed by atoms with Crippen molar-refractivity contribution in [2.24, 2.45) is 0 Å². The molecular formula is C13H10BrN3O2S. The molecule has 7 heteroatoms. The summed E-state index contributed by atoms with van der Waals surface area (Å²) in [6.07, 6.45) is 2.26. The number of rotatable bonds is 2. The Labute approximate surface area is 127 Å². The number of nitrogens with one attached hydrogen (secondary N) is 2. The third-order valence-electron chi connectivity index (χ3n) is 3.13. The third-order valence-corrected chi connectivity index (χ3v) is 4.89. The zero-order valence-electron chi connectivity index (χ0n) is 10.3. The van der Waals surface area contributed by atoms with Crippen molar-refractivity contribution >= 4 is 38.2 Å². The lowest BCUT2D eigenvalue weighted by molar-refractivity contribution is 0.102. The normalized spacial score (nSPS) is 13.6. The number of anilines is 1. The highest BCUT2D eigenvalue weighted by molar-refractivity contribution is 9.10. The summed E-state index contributed by atoms with van der Waals surface area (Å²) in [4.78, 5) is 13.3. The second-order valence-corrected chi connectivity index (χ2v) is 6.13. The molecule has 0 fully saturated rings. The summed E-state index contributed by atoms with van der Waals surface area (Å²) in [7, 11) is 0. The maximum atomic E-state index is 12.2. The second-order valence-electron chi connectivity index (χ2n) is 4.31. The standard InChI is InChI=1S/C13H10BrN3O2S/c14-11-8(2-4-19-11)12(18)17-13-9(5-15)7-1-3-16-6-10(7)20-13/h2,4,16H,1,3,6H2,(H,17,18). The van der Waals surface area contributed by atoms with Crippen molar-refractivity contribution in [1.82, 2.24) is 5.32 Å². The predicted octanol–water partition coefficient (Wildman–Crippen LogP) is 2.87. The number of carbonyl (C=O) groups excluding carboxylic acids is 1. The molecule has 1 aliphatic heterocycles. The van der Waals surface area contributed by atoms with Gasteiger partial charge in [-0.05, 0) is 40.5 Å². The number of fused-ring (bicyclic) bond motifs is 1. The number of thiophene rings is 1. The molecule has 2 aromatic rings. The predicted molar refractivity (Wildman–Crippen MR) is 78.8 cm³/mol. The van der Waals surface area contributed by atoms with Crippen LogP contribution < -0.4 is 10.6 Å². The molecule has 1 amide bonds. The van der Waals surface area contributed by atoms with Gasteiger partial charge >= 0.3 is 0 Å². The topological polar surface area (TPSA) is 78.1 Å². The number of halogens is 1. The van der Waals surface area contributed by atoms with Crippen LogP contribution in [0.25, 0.3) is 0 Å². The molecular weight excluding hydrogens is 342 g/mol. The van der Waals surface area contributed by atoms with E-state index in [2.05, 4.69) is 32.6 Å². The van der Waals surface area contributed by atoms with Crippen molar-refractivity contribution in [2.75, 3.05) is 11.9 Å². The first-order chi connectivity index (χ1) is 9.70. The number of amides is 1. The summed E-state index contributed by atoms with van der Waals surface area (Å²) in [6.45, 7) is 1.61. The van der Waals surface area contributed by atoms with E-state index in [0.717, 1.165) is 30.0 Å². The number of nitriles is 1. The Bertz CT molecular complexity index is 714. The van der Waals surface area contributed by atoms with Gasteiger partial charge in [-0.2, -0.15) is 5.26 Å². The molecule has 2 N–H and O–H groups in total. The SMILES string of the molecule is N#Cc1c(NC(=O)c2ccoc2Br)sc2c1CCNC2. The molecule has 0 bridgehead atoms. The minimum absolute atomic E-state index is 0.284. The molecule has 0 atom stereocenters. The van der Waals surface area contributed by atoms with Crippen LogP contribution in [0.4, 0.5) is 5.00 Å². The van der Waals surface area contributed by atoms with Crippen LogP contribution in [0.15, 0.2) is 21.4 Å². The summed E-state index contributed by atoms with van der Waals surface area (Å²) >= 11 is 4.63. The van der Waals surface area contributed by atoms with Gasteiger partial charge in [-0.3, -0.25) is 4.79 Å². The zero-order chi connectivity index (χ0) is 14.1. The van der Waals surface area contributed by atoms with Gasteiger partial charge < -0.3 is 15.1 Å². The van der Waals surface area contributed by atoms with E-state index in [1.807, 2.05) is 0 Å². The quantitative estimate of drug-likeness (QED) is 0.871. The van der Waals surface area contributed by atoms with Crippen LogP contribution in [0.3, 0.4) is 0 Å². The molecule has 0 saturated carbocycles. The highest BCUT2D eigenvalue weighted by atomic mass is 79.9. The first-order valence-corrected chi connectivity index (χ1v) is 7.61. The summed E-state index contributed by atoms with van der Waals surface area (Å²) < 4.78 is 5.43. The van der Waals surface area contributed by atoms with Crippen molar-refractivity contribution in [3.63, 3.8) is 0 Å². The van der Waals surface area contributed by atoms with Crippen LogP contribution in [0.1, 0.15) is 26.4 Å². The summed E-state index contributed by atoms with van der Waals surface area (Å²) in [6, 6.07) is 3.79. The van der Waals surface area contributed by atoms with Gasteiger partial charge in [0.1, 0.15) is 11.1 Å². The van der Waals surface area contributed by atoms with Crippen LogP contribution in [0.2, 0.25) is 0 Å². The van der Waals surface area contributed by atoms with E-state index < -0.39 is 0 Å². The molecule has 3 rings (SSSR count). The average Bonchev–Trinajstić information content (AvgIpc) is 3.01. The molecule has 20 heavy (non-hydrogen) atoms. The first-order valence-electron chi connectivity index (χ1n) is 6.00. The van der Waals surface area contributed by atoms with Gasteiger partial charge in [-0.25, -0.2) is 0 Å². The molecule has 2 aromatic heterocycles. The number of carbonyl (C=O) groups is 1. The fourth-order valence-electron chi connectivity index (χ4n) is 2.17. The van der Waals surface area contributed by atoms with Crippen LogP contribution in [-0.2, 0) is 13.0 Å². The van der Waals surface area contributed by atoms with E-state index in [1.165, 1.54) is 17.6 Å². The Balaban J connectivity index is 1.92. The molecule has 1 aliphatic rings. The van der Waals surface area contributed by atoms with Gasteiger partial charge in [0.05, 0.1) is 17.4 Å². The maximum absolute atomic E-state index is 12.2. The van der Waals surface area contributed by atoms with Crippen LogP contribution >= 0.6 is 27.3 Å². The van der Waals surface area contributed by atoms with E-state index in [0.29, 0.717) is 20.8 Å². The van der Waals surface area contributed by atoms with Crippen molar-refractivity contribution < 1.29 is 9.21 Å².